The summed E-state index contributed by atoms with van der Waals surface area (Å²) in [5, 5.41) is 0. The van der Waals surface area contributed by atoms with E-state index >= 15 is 0 Å². The van der Waals surface area contributed by atoms with Gasteiger partial charge in [-0.1, -0.05) is 0 Å². The molecule has 0 radical (unpaired) electrons. The fourth-order valence-electron chi connectivity index (χ4n) is 2.84. The van der Waals surface area contributed by atoms with Crippen LogP contribution in [0.25, 0.3) is 28.1 Å². The predicted octanol–water partition coefficient (Wildman–Crippen LogP) is 2.83. The number of hydrogen-bond acceptors (Lipinski definition) is 4. The van der Waals surface area contributed by atoms with Gasteiger partial charge in [-0.2, -0.15) is 0 Å². The lowest BCUT2D eigenvalue weighted by atomic mass is 10.2. The number of aromatic nitrogens is 4. The largest absolute Gasteiger partial charge is 0.334 e. The summed E-state index contributed by atoms with van der Waals surface area (Å²) in [5.74, 6) is 0.751. The lowest BCUT2D eigenvalue weighted by Crippen LogP contribution is -1.99. The Morgan fingerprint density at radius 2 is 1.76 bits per heavy atom. The van der Waals surface area contributed by atoms with Crippen LogP contribution in [0.2, 0.25) is 0 Å². The van der Waals surface area contributed by atoms with Crippen LogP contribution in [0, 0.1) is 0 Å². The summed E-state index contributed by atoms with van der Waals surface area (Å²) in [7, 11) is -1.25. The zero-order valence-electron chi connectivity index (χ0n) is 13.8. The number of hydrogen-bond donors (Lipinski definition) is 0. The number of sulfone groups is 1. The molecule has 0 amide bonds. The van der Waals surface area contributed by atoms with Gasteiger partial charge in [0, 0.05) is 36.9 Å². The molecule has 4 rings (SSSR count). The number of nitrogens with zero attached hydrogens (tertiary/aromatic N) is 4. The van der Waals surface area contributed by atoms with E-state index in [0.29, 0.717) is 4.90 Å². The molecule has 2 aromatic carbocycles. The number of benzene rings is 2. The van der Waals surface area contributed by atoms with Gasteiger partial charge in [-0.15, -0.1) is 0 Å². The Hall–Kier alpha value is -2.93. The molecule has 4 aromatic rings. The number of rotatable bonds is 3. The Balaban J connectivity index is 1.81. The Bertz CT molecular complexity index is 1170. The van der Waals surface area contributed by atoms with E-state index in [2.05, 4.69) is 16.0 Å². The normalized spacial score (nSPS) is 11.9. The van der Waals surface area contributed by atoms with E-state index in [4.69, 9.17) is 0 Å². The highest BCUT2D eigenvalue weighted by atomic mass is 32.2. The van der Waals surface area contributed by atoms with Crippen LogP contribution in [0.3, 0.4) is 0 Å². The zero-order valence-corrected chi connectivity index (χ0v) is 14.6. The summed E-state index contributed by atoms with van der Waals surface area (Å²) < 4.78 is 27.2. The Morgan fingerprint density at radius 3 is 2.48 bits per heavy atom. The molecule has 0 bridgehead atoms. The first-order chi connectivity index (χ1) is 11.9. The third-order valence-electron chi connectivity index (χ3n) is 4.17. The molecule has 0 aliphatic rings. The standard InChI is InChI=1S/C18H16N4O2S/c1-21-12-20-16-8-5-14(11-17(16)21)22-10-9-19-18(22)13-3-6-15(7-4-13)25(2,23)24/h3-12H,1-2H3. The van der Waals surface area contributed by atoms with Gasteiger partial charge < -0.3 is 4.57 Å². The summed E-state index contributed by atoms with van der Waals surface area (Å²) in [6.45, 7) is 0. The van der Waals surface area contributed by atoms with Crippen molar-refractivity contribution in [2.45, 2.75) is 4.90 Å². The topological polar surface area (TPSA) is 69.8 Å². The molecule has 0 aliphatic heterocycles. The Labute approximate surface area is 145 Å². The van der Waals surface area contributed by atoms with Gasteiger partial charge in [0.25, 0.3) is 0 Å². The molecule has 0 saturated carbocycles. The molecule has 0 N–H and O–H groups in total. The first kappa shape index (κ1) is 15.6. The van der Waals surface area contributed by atoms with Gasteiger partial charge in [-0.3, -0.25) is 4.57 Å². The molecular formula is C18H16N4O2S. The summed E-state index contributed by atoms with van der Waals surface area (Å²) in [4.78, 5) is 9.07. The minimum Gasteiger partial charge on any atom is -0.334 e. The maximum absolute atomic E-state index is 11.6. The molecule has 6 nitrogen and oxygen atoms in total. The van der Waals surface area contributed by atoms with Gasteiger partial charge >= 0.3 is 0 Å². The smallest absolute Gasteiger partial charge is 0.175 e. The van der Waals surface area contributed by atoms with Gasteiger partial charge in [0.15, 0.2) is 9.84 Å². The Morgan fingerprint density at radius 1 is 1.00 bits per heavy atom. The molecule has 0 spiro atoms. The Kier molecular flexibility index (Phi) is 3.47. The van der Waals surface area contributed by atoms with Gasteiger partial charge in [-0.05, 0) is 42.5 Å². The summed E-state index contributed by atoms with van der Waals surface area (Å²) >= 11 is 0. The fourth-order valence-corrected chi connectivity index (χ4v) is 3.47. The molecule has 0 fully saturated rings. The van der Waals surface area contributed by atoms with Crippen molar-refractivity contribution in [3.05, 3.63) is 61.2 Å². The van der Waals surface area contributed by atoms with E-state index in [-0.39, 0.29) is 0 Å². The first-order valence-corrected chi connectivity index (χ1v) is 9.58. The third-order valence-corrected chi connectivity index (χ3v) is 5.30. The van der Waals surface area contributed by atoms with E-state index in [1.807, 2.05) is 34.5 Å². The molecular weight excluding hydrogens is 336 g/mol. The van der Waals surface area contributed by atoms with Crippen molar-refractivity contribution in [2.24, 2.45) is 7.05 Å². The second kappa shape index (κ2) is 5.56. The molecule has 0 aliphatic carbocycles. The van der Waals surface area contributed by atoms with Crippen LogP contribution >= 0.6 is 0 Å². The predicted molar refractivity (Wildman–Crippen MR) is 96.4 cm³/mol. The van der Waals surface area contributed by atoms with Gasteiger partial charge in [-0.25, -0.2) is 18.4 Å². The van der Waals surface area contributed by atoms with Gasteiger partial charge in [0.05, 0.1) is 22.3 Å². The van der Waals surface area contributed by atoms with Crippen LogP contribution in [0.4, 0.5) is 0 Å². The van der Waals surface area contributed by atoms with E-state index < -0.39 is 9.84 Å². The minimum atomic E-state index is -3.21. The van der Waals surface area contributed by atoms with E-state index in [1.54, 1.807) is 36.8 Å². The van der Waals surface area contributed by atoms with Crippen molar-refractivity contribution in [1.29, 1.82) is 0 Å². The number of fused-ring (bicyclic) bond motifs is 1. The van der Waals surface area contributed by atoms with Crippen LogP contribution in [-0.4, -0.2) is 33.8 Å². The monoisotopic (exact) mass is 352 g/mol. The number of imidazole rings is 2. The fraction of sp³-hybridized carbons (Fsp3) is 0.111. The van der Waals surface area contributed by atoms with Crippen molar-refractivity contribution in [3.8, 4) is 17.1 Å². The van der Waals surface area contributed by atoms with Gasteiger partial charge in [0.1, 0.15) is 5.82 Å². The summed E-state index contributed by atoms with van der Waals surface area (Å²) in [5.41, 5.74) is 3.79. The SMILES string of the molecule is Cn1cnc2ccc(-n3ccnc3-c3ccc(S(C)(=O)=O)cc3)cc21. The summed E-state index contributed by atoms with van der Waals surface area (Å²) in [6, 6.07) is 12.8. The van der Waals surface area contributed by atoms with Crippen molar-refractivity contribution < 1.29 is 8.42 Å². The van der Waals surface area contributed by atoms with Crippen LogP contribution in [0.5, 0.6) is 0 Å². The van der Waals surface area contributed by atoms with Crippen LogP contribution < -0.4 is 0 Å². The molecule has 0 atom stereocenters. The molecule has 2 aromatic heterocycles. The molecule has 126 valence electrons. The zero-order chi connectivity index (χ0) is 17.6. The van der Waals surface area contributed by atoms with Crippen molar-refractivity contribution in [1.82, 2.24) is 19.1 Å². The minimum absolute atomic E-state index is 0.297. The highest BCUT2D eigenvalue weighted by Crippen LogP contribution is 2.25. The lowest BCUT2D eigenvalue weighted by Gasteiger charge is -2.09. The summed E-state index contributed by atoms with van der Waals surface area (Å²) in [6.07, 6.45) is 6.60. The van der Waals surface area contributed by atoms with Crippen molar-refractivity contribution in [3.63, 3.8) is 0 Å². The van der Waals surface area contributed by atoms with Gasteiger partial charge in [0.2, 0.25) is 0 Å². The van der Waals surface area contributed by atoms with Crippen molar-refractivity contribution in [2.75, 3.05) is 6.26 Å². The maximum atomic E-state index is 11.6. The van der Waals surface area contributed by atoms with Crippen LogP contribution in [0.15, 0.2) is 66.1 Å². The van der Waals surface area contributed by atoms with E-state index in [0.717, 1.165) is 28.1 Å². The van der Waals surface area contributed by atoms with Crippen LogP contribution in [-0.2, 0) is 16.9 Å². The molecule has 25 heavy (non-hydrogen) atoms. The highest BCUT2D eigenvalue weighted by molar-refractivity contribution is 7.90. The average Bonchev–Trinajstić information content (AvgIpc) is 3.21. The maximum Gasteiger partial charge on any atom is 0.175 e. The van der Waals surface area contributed by atoms with Crippen LogP contribution in [0.1, 0.15) is 0 Å². The van der Waals surface area contributed by atoms with E-state index in [1.165, 1.54) is 6.26 Å². The number of aryl methyl sites for hydroxylation is 1. The molecule has 0 unspecified atom stereocenters. The second-order valence-corrected chi connectivity index (χ2v) is 7.96. The molecule has 0 saturated heterocycles. The van der Waals surface area contributed by atoms with Crippen molar-refractivity contribution >= 4 is 20.9 Å². The second-order valence-electron chi connectivity index (χ2n) is 5.95. The third kappa shape index (κ3) is 2.72. The highest BCUT2D eigenvalue weighted by Gasteiger charge is 2.12. The molecule has 7 heteroatoms. The first-order valence-electron chi connectivity index (χ1n) is 7.69. The van der Waals surface area contributed by atoms with E-state index in [9.17, 15) is 8.42 Å². The average molecular weight is 352 g/mol. The quantitative estimate of drug-likeness (QED) is 0.568. The lowest BCUT2D eigenvalue weighted by molar-refractivity contribution is 0.602. The molecule has 2 heterocycles.